The smallest absolute Gasteiger partial charge is 0.308 e. The van der Waals surface area contributed by atoms with Gasteiger partial charge in [0.15, 0.2) is 0 Å². The van der Waals surface area contributed by atoms with Gasteiger partial charge >= 0.3 is 5.97 Å². The number of hydrogen-bond acceptors (Lipinski definition) is 4. The van der Waals surface area contributed by atoms with Crippen molar-refractivity contribution in [3.8, 4) is 0 Å². The molecular weight excluding hydrogens is 236 g/mol. The van der Waals surface area contributed by atoms with Gasteiger partial charge in [-0.3, -0.25) is 9.59 Å². The zero-order valence-corrected chi connectivity index (χ0v) is 10.6. The van der Waals surface area contributed by atoms with E-state index in [1.54, 1.807) is 4.90 Å². The number of carbonyl (C=O) groups excluding carboxylic acids is 1. The molecule has 0 aromatic carbocycles. The molecule has 1 amide bonds. The Morgan fingerprint density at radius 1 is 1.44 bits per heavy atom. The van der Waals surface area contributed by atoms with Crippen LogP contribution in [0.3, 0.4) is 0 Å². The highest BCUT2D eigenvalue weighted by Gasteiger charge is 2.37. The molecule has 102 valence electrons. The number of carboxylic acids is 1. The molecule has 3 unspecified atom stereocenters. The van der Waals surface area contributed by atoms with Crippen molar-refractivity contribution >= 4 is 11.9 Å². The molecule has 2 fully saturated rings. The van der Waals surface area contributed by atoms with Crippen LogP contribution in [0.2, 0.25) is 0 Å². The minimum Gasteiger partial charge on any atom is -0.481 e. The van der Waals surface area contributed by atoms with Crippen molar-refractivity contribution in [2.45, 2.75) is 19.4 Å². The van der Waals surface area contributed by atoms with E-state index in [2.05, 4.69) is 5.32 Å². The molecule has 0 bridgehead atoms. The fourth-order valence-electron chi connectivity index (χ4n) is 2.57. The molecule has 0 saturated carbocycles. The van der Waals surface area contributed by atoms with Gasteiger partial charge in [0.25, 0.3) is 0 Å². The average molecular weight is 256 g/mol. The second kappa shape index (κ2) is 5.67. The lowest BCUT2D eigenvalue weighted by molar-refractivity contribution is -0.142. The summed E-state index contributed by atoms with van der Waals surface area (Å²) in [6.45, 7) is 4.90. The first-order valence-electron chi connectivity index (χ1n) is 6.41. The molecule has 2 rings (SSSR count). The topological polar surface area (TPSA) is 78.9 Å². The summed E-state index contributed by atoms with van der Waals surface area (Å²) in [5.74, 6) is -1.22. The van der Waals surface area contributed by atoms with Crippen molar-refractivity contribution in [1.82, 2.24) is 10.2 Å². The Morgan fingerprint density at radius 2 is 2.22 bits per heavy atom. The molecule has 2 aliphatic rings. The molecule has 2 heterocycles. The third-order valence-electron chi connectivity index (χ3n) is 3.69. The molecular formula is C12H20N2O4. The van der Waals surface area contributed by atoms with Crippen LogP contribution in [0, 0.1) is 11.8 Å². The number of amides is 1. The molecule has 18 heavy (non-hydrogen) atoms. The van der Waals surface area contributed by atoms with Crippen molar-refractivity contribution in [3.05, 3.63) is 0 Å². The predicted molar refractivity (Wildman–Crippen MR) is 64.1 cm³/mol. The minimum absolute atomic E-state index is 0.000648. The second-order valence-corrected chi connectivity index (χ2v) is 5.12. The zero-order valence-electron chi connectivity index (χ0n) is 10.6. The highest BCUT2D eigenvalue weighted by atomic mass is 16.5. The molecule has 6 heteroatoms. The average Bonchev–Trinajstić information content (AvgIpc) is 2.73. The molecule has 0 aromatic heterocycles. The normalized spacial score (nSPS) is 32.5. The van der Waals surface area contributed by atoms with Crippen LogP contribution in [0.5, 0.6) is 0 Å². The molecule has 0 spiro atoms. The summed E-state index contributed by atoms with van der Waals surface area (Å²) in [7, 11) is 0. The van der Waals surface area contributed by atoms with Gasteiger partial charge in [0.2, 0.25) is 5.91 Å². The number of carboxylic acid groups (broad SMARTS) is 1. The van der Waals surface area contributed by atoms with Gasteiger partial charge < -0.3 is 20.1 Å². The van der Waals surface area contributed by atoms with Gasteiger partial charge in [-0.25, -0.2) is 0 Å². The lowest BCUT2D eigenvalue weighted by Gasteiger charge is -2.25. The van der Waals surface area contributed by atoms with Gasteiger partial charge in [-0.2, -0.15) is 0 Å². The highest BCUT2D eigenvalue weighted by molar-refractivity contribution is 5.79. The van der Waals surface area contributed by atoms with Gasteiger partial charge in [-0.05, 0) is 5.92 Å². The standard InChI is InChI=1S/C12H20N2O4/c1-8-6-14(7-10(8)12(16)17)11(15)4-9-5-13-2-3-18-9/h8-10,13H,2-7H2,1H3,(H,16,17). The maximum Gasteiger partial charge on any atom is 0.308 e. The molecule has 3 atom stereocenters. The third kappa shape index (κ3) is 3.00. The number of ether oxygens (including phenoxy) is 1. The van der Waals surface area contributed by atoms with Crippen molar-refractivity contribution in [1.29, 1.82) is 0 Å². The van der Waals surface area contributed by atoms with Crippen molar-refractivity contribution in [3.63, 3.8) is 0 Å². The number of nitrogens with zero attached hydrogens (tertiary/aromatic N) is 1. The summed E-state index contributed by atoms with van der Waals surface area (Å²) in [4.78, 5) is 24.7. The lowest BCUT2D eigenvalue weighted by Crippen LogP contribution is -2.42. The van der Waals surface area contributed by atoms with Gasteiger partial charge in [-0.1, -0.05) is 6.92 Å². The minimum atomic E-state index is -0.812. The van der Waals surface area contributed by atoms with Crippen molar-refractivity contribution in [2.75, 3.05) is 32.8 Å². The van der Waals surface area contributed by atoms with E-state index in [0.717, 1.165) is 6.54 Å². The second-order valence-electron chi connectivity index (χ2n) is 5.12. The van der Waals surface area contributed by atoms with E-state index in [4.69, 9.17) is 9.84 Å². The fraction of sp³-hybridized carbons (Fsp3) is 0.833. The zero-order chi connectivity index (χ0) is 13.1. The van der Waals surface area contributed by atoms with Crippen LogP contribution in [0.15, 0.2) is 0 Å². The third-order valence-corrected chi connectivity index (χ3v) is 3.69. The number of hydrogen-bond donors (Lipinski definition) is 2. The Bertz CT molecular complexity index is 328. The monoisotopic (exact) mass is 256 g/mol. The number of morpholine rings is 1. The van der Waals surface area contributed by atoms with Crippen LogP contribution < -0.4 is 5.32 Å². The predicted octanol–water partition coefficient (Wildman–Crippen LogP) is -0.456. The van der Waals surface area contributed by atoms with E-state index in [0.29, 0.717) is 32.7 Å². The van der Waals surface area contributed by atoms with Crippen molar-refractivity contribution in [2.24, 2.45) is 11.8 Å². The first kappa shape index (κ1) is 13.3. The number of likely N-dealkylation sites (tertiary alicyclic amines) is 1. The largest absolute Gasteiger partial charge is 0.481 e. The van der Waals surface area contributed by atoms with E-state index in [1.165, 1.54) is 0 Å². The number of nitrogens with one attached hydrogen (secondary N) is 1. The summed E-state index contributed by atoms with van der Waals surface area (Å²) in [6, 6.07) is 0. The molecule has 0 radical (unpaired) electrons. The number of rotatable bonds is 3. The molecule has 2 saturated heterocycles. The van der Waals surface area contributed by atoms with Crippen molar-refractivity contribution < 1.29 is 19.4 Å². The first-order valence-corrected chi connectivity index (χ1v) is 6.41. The van der Waals surface area contributed by atoms with Crippen LogP contribution in [-0.2, 0) is 14.3 Å². The first-order chi connectivity index (χ1) is 8.58. The Morgan fingerprint density at radius 3 is 2.78 bits per heavy atom. The SMILES string of the molecule is CC1CN(C(=O)CC2CNCCO2)CC1C(=O)O. The summed E-state index contributed by atoms with van der Waals surface area (Å²) in [6.07, 6.45) is 0.261. The van der Waals surface area contributed by atoms with E-state index in [9.17, 15) is 9.59 Å². The quantitative estimate of drug-likeness (QED) is 0.714. The Labute approximate surface area is 106 Å². The fourth-order valence-corrected chi connectivity index (χ4v) is 2.57. The van der Waals surface area contributed by atoms with Gasteiger partial charge in [-0.15, -0.1) is 0 Å². The summed E-state index contributed by atoms with van der Waals surface area (Å²) in [5, 5.41) is 12.2. The molecule has 2 N–H and O–H groups in total. The Kier molecular flexibility index (Phi) is 4.19. The van der Waals surface area contributed by atoms with Crippen LogP contribution in [-0.4, -0.2) is 60.8 Å². The maximum atomic E-state index is 12.1. The summed E-state index contributed by atoms with van der Waals surface area (Å²) >= 11 is 0. The maximum absolute atomic E-state index is 12.1. The van der Waals surface area contributed by atoms with Gasteiger partial charge in [0.05, 0.1) is 25.0 Å². The van der Waals surface area contributed by atoms with Crippen LogP contribution >= 0.6 is 0 Å². The molecule has 2 aliphatic heterocycles. The van der Waals surface area contributed by atoms with E-state index < -0.39 is 11.9 Å². The number of aliphatic carboxylic acids is 1. The van der Waals surface area contributed by atoms with Crippen LogP contribution in [0.25, 0.3) is 0 Å². The lowest BCUT2D eigenvalue weighted by atomic mass is 9.99. The van der Waals surface area contributed by atoms with E-state index in [-0.39, 0.29) is 17.9 Å². The van der Waals surface area contributed by atoms with Crippen LogP contribution in [0.4, 0.5) is 0 Å². The Balaban J connectivity index is 1.84. The van der Waals surface area contributed by atoms with Gasteiger partial charge in [0, 0.05) is 26.2 Å². The van der Waals surface area contributed by atoms with Crippen LogP contribution in [0.1, 0.15) is 13.3 Å². The highest BCUT2D eigenvalue weighted by Crippen LogP contribution is 2.24. The summed E-state index contributed by atoms with van der Waals surface area (Å²) < 4.78 is 5.48. The van der Waals surface area contributed by atoms with E-state index >= 15 is 0 Å². The molecule has 0 aromatic rings. The molecule has 6 nitrogen and oxygen atoms in total. The Hall–Kier alpha value is -1.14. The summed E-state index contributed by atoms with van der Waals surface area (Å²) in [5.41, 5.74) is 0. The van der Waals surface area contributed by atoms with Gasteiger partial charge in [0.1, 0.15) is 0 Å². The molecule has 0 aliphatic carbocycles. The number of carbonyl (C=O) groups is 2. The van der Waals surface area contributed by atoms with E-state index in [1.807, 2.05) is 6.92 Å².